The second-order valence-electron chi connectivity index (χ2n) is 4.49. The van der Waals surface area contributed by atoms with Crippen LogP contribution < -0.4 is 10.6 Å². The number of amides is 1. The number of benzene rings is 2. The van der Waals surface area contributed by atoms with E-state index >= 15 is 0 Å². The second kappa shape index (κ2) is 7.09. The van der Waals surface area contributed by atoms with Crippen LogP contribution in [0.25, 0.3) is 0 Å². The minimum Gasteiger partial charge on any atom is -0.381 e. The van der Waals surface area contributed by atoms with Crippen molar-refractivity contribution in [1.29, 1.82) is 0 Å². The molecule has 0 aromatic heterocycles. The number of rotatable bonds is 5. The van der Waals surface area contributed by atoms with Crippen molar-refractivity contribution >= 4 is 23.2 Å². The molecule has 0 spiro atoms. The lowest BCUT2D eigenvalue weighted by molar-refractivity contribution is 0.0956. The molecule has 0 fully saturated rings. The van der Waals surface area contributed by atoms with E-state index in [0.717, 1.165) is 5.69 Å². The van der Waals surface area contributed by atoms with E-state index in [-0.39, 0.29) is 18.3 Å². The highest BCUT2D eigenvalue weighted by Crippen LogP contribution is 2.20. The average molecular weight is 307 g/mol. The highest BCUT2D eigenvalue weighted by molar-refractivity contribution is 6.31. The Morgan fingerprint density at radius 1 is 1.19 bits per heavy atom. The minimum absolute atomic E-state index is 0.110. The fourth-order valence-corrected chi connectivity index (χ4v) is 2.12. The second-order valence-corrected chi connectivity index (χ2v) is 4.90. The molecule has 0 aliphatic heterocycles. The molecule has 0 saturated carbocycles. The maximum absolute atomic E-state index is 13.6. The summed E-state index contributed by atoms with van der Waals surface area (Å²) in [5.74, 6) is -0.449. The summed E-state index contributed by atoms with van der Waals surface area (Å²) in [7, 11) is 0. The summed E-state index contributed by atoms with van der Waals surface area (Å²) in [5, 5.41) is 6.20. The van der Waals surface area contributed by atoms with Gasteiger partial charge in [-0.1, -0.05) is 17.7 Å². The SMILES string of the molecule is CCNC(=O)c1ccc(NCc2c(F)cccc2Cl)cc1. The molecule has 3 nitrogen and oxygen atoms in total. The molecule has 2 aromatic rings. The lowest BCUT2D eigenvalue weighted by atomic mass is 10.1. The van der Waals surface area contributed by atoms with E-state index < -0.39 is 0 Å². The van der Waals surface area contributed by atoms with Crippen LogP contribution >= 0.6 is 11.6 Å². The molecule has 2 rings (SSSR count). The lowest BCUT2D eigenvalue weighted by Gasteiger charge is -2.10. The molecule has 0 aliphatic rings. The largest absolute Gasteiger partial charge is 0.381 e. The molecule has 2 aromatic carbocycles. The third-order valence-electron chi connectivity index (χ3n) is 3.02. The lowest BCUT2D eigenvalue weighted by Crippen LogP contribution is -2.22. The molecule has 110 valence electrons. The van der Waals surface area contributed by atoms with Crippen molar-refractivity contribution in [2.75, 3.05) is 11.9 Å². The molecule has 0 unspecified atom stereocenters. The fourth-order valence-electron chi connectivity index (χ4n) is 1.89. The Morgan fingerprint density at radius 3 is 2.52 bits per heavy atom. The minimum atomic E-state index is -0.339. The fraction of sp³-hybridized carbons (Fsp3) is 0.188. The Kier molecular flexibility index (Phi) is 5.17. The van der Waals surface area contributed by atoms with E-state index in [1.807, 2.05) is 6.92 Å². The molecule has 0 radical (unpaired) electrons. The van der Waals surface area contributed by atoms with Crippen molar-refractivity contribution in [2.45, 2.75) is 13.5 Å². The molecule has 0 atom stereocenters. The van der Waals surface area contributed by atoms with Crippen molar-refractivity contribution in [2.24, 2.45) is 0 Å². The van der Waals surface area contributed by atoms with Crippen molar-refractivity contribution in [1.82, 2.24) is 5.32 Å². The Bertz CT molecular complexity index is 608. The van der Waals surface area contributed by atoms with E-state index in [1.54, 1.807) is 36.4 Å². The molecule has 0 heterocycles. The zero-order valence-electron chi connectivity index (χ0n) is 11.6. The van der Waals surface area contributed by atoms with Gasteiger partial charge in [0, 0.05) is 34.9 Å². The summed E-state index contributed by atoms with van der Waals surface area (Å²) in [6.45, 7) is 2.74. The van der Waals surface area contributed by atoms with Gasteiger partial charge < -0.3 is 10.6 Å². The number of hydrogen-bond donors (Lipinski definition) is 2. The summed E-state index contributed by atoms with van der Waals surface area (Å²) in [6.07, 6.45) is 0. The zero-order chi connectivity index (χ0) is 15.2. The van der Waals surface area contributed by atoms with Crippen LogP contribution in [0.1, 0.15) is 22.8 Å². The van der Waals surface area contributed by atoms with Crippen LogP contribution in [-0.4, -0.2) is 12.5 Å². The molecular weight excluding hydrogens is 291 g/mol. The quantitative estimate of drug-likeness (QED) is 0.881. The van der Waals surface area contributed by atoms with Gasteiger partial charge in [-0.2, -0.15) is 0 Å². The predicted octanol–water partition coefficient (Wildman–Crippen LogP) is 3.84. The smallest absolute Gasteiger partial charge is 0.251 e. The summed E-state index contributed by atoms with van der Waals surface area (Å²) in [4.78, 5) is 11.6. The zero-order valence-corrected chi connectivity index (χ0v) is 12.4. The monoisotopic (exact) mass is 306 g/mol. The number of nitrogens with one attached hydrogen (secondary N) is 2. The van der Waals surface area contributed by atoms with Gasteiger partial charge in [-0.25, -0.2) is 4.39 Å². The van der Waals surface area contributed by atoms with E-state index in [0.29, 0.717) is 22.7 Å². The summed E-state index contributed by atoms with van der Waals surface area (Å²) in [5.41, 5.74) is 1.81. The average Bonchev–Trinajstić information content (AvgIpc) is 2.47. The van der Waals surface area contributed by atoms with Gasteiger partial charge in [0.1, 0.15) is 5.82 Å². The van der Waals surface area contributed by atoms with Crippen LogP contribution in [0, 0.1) is 5.82 Å². The summed E-state index contributed by atoms with van der Waals surface area (Å²) >= 11 is 5.96. The number of halogens is 2. The number of carbonyl (C=O) groups is 1. The molecule has 0 bridgehead atoms. The van der Waals surface area contributed by atoms with Crippen LogP contribution in [0.5, 0.6) is 0 Å². The number of anilines is 1. The van der Waals surface area contributed by atoms with Crippen LogP contribution in [-0.2, 0) is 6.54 Å². The molecule has 0 aliphatic carbocycles. The van der Waals surface area contributed by atoms with Gasteiger partial charge in [0.15, 0.2) is 0 Å². The Labute approximate surface area is 128 Å². The highest BCUT2D eigenvalue weighted by atomic mass is 35.5. The molecule has 5 heteroatoms. The standard InChI is InChI=1S/C16H16ClFN2O/c1-2-19-16(21)11-6-8-12(9-7-11)20-10-13-14(17)4-3-5-15(13)18/h3-9,20H,2,10H2,1H3,(H,19,21). The Balaban J connectivity index is 2.03. The van der Waals surface area contributed by atoms with Crippen molar-refractivity contribution in [3.63, 3.8) is 0 Å². The van der Waals surface area contributed by atoms with Gasteiger partial charge in [0.05, 0.1) is 0 Å². The normalized spacial score (nSPS) is 10.2. The topological polar surface area (TPSA) is 41.1 Å². The Morgan fingerprint density at radius 2 is 1.90 bits per heavy atom. The van der Waals surface area contributed by atoms with Crippen molar-refractivity contribution < 1.29 is 9.18 Å². The first-order valence-corrected chi connectivity index (χ1v) is 7.04. The van der Waals surface area contributed by atoms with E-state index in [4.69, 9.17) is 11.6 Å². The number of carbonyl (C=O) groups excluding carboxylic acids is 1. The summed E-state index contributed by atoms with van der Waals surface area (Å²) in [6, 6.07) is 11.6. The first-order chi connectivity index (χ1) is 10.1. The van der Waals surface area contributed by atoms with E-state index in [1.165, 1.54) is 6.07 Å². The third kappa shape index (κ3) is 3.95. The van der Waals surface area contributed by atoms with Crippen LogP contribution in [0.3, 0.4) is 0 Å². The Hall–Kier alpha value is -2.07. The van der Waals surface area contributed by atoms with Gasteiger partial charge in [0.2, 0.25) is 0 Å². The maximum atomic E-state index is 13.6. The van der Waals surface area contributed by atoms with Gasteiger partial charge in [0.25, 0.3) is 5.91 Å². The van der Waals surface area contributed by atoms with Gasteiger partial charge >= 0.3 is 0 Å². The van der Waals surface area contributed by atoms with Gasteiger partial charge in [-0.15, -0.1) is 0 Å². The molecule has 1 amide bonds. The van der Waals surface area contributed by atoms with Crippen LogP contribution in [0.4, 0.5) is 10.1 Å². The van der Waals surface area contributed by atoms with Crippen LogP contribution in [0.2, 0.25) is 5.02 Å². The maximum Gasteiger partial charge on any atom is 0.251 e. The van der Waals surface area contributed by atoms with E-state index in [2.05, 4.69) is 10.6 Å². The van der Waals surface area contributed by atoms with E-state index in [9.17, 15) is 9.18 Å². The molecule has 21 heavy (non-hydrogen) atoms. The predicted molar refractivity (Wildman–Crippen MR) is 83.2 cm³/mol. The summed E-state index contributed by atoms with van der Waals surface area (Å²) < 4.78 is 13.6. The molecule has 2 N–H and O–H groups in total. The molecule has 0 saturated heterocycles. The first kappa shape index (κ1) is 15.3. The van der Waals surface area contributed by atoms with Crippen molar-refractivity contribution in [3.8, 4) is 0 Å². The van der Waals surface area contributed by atoms with Crippen molar-refractivity contribution in [3.05, 3.63) is 64.4 Å². The first-order valence-electron chi connectivity index (χ1n) is 6.67. The van der Waals surface area contributed by atoms with Gasteiger partial charge in [-0.3, -0.25) is 4.79 Å². The highest BCUT2D eigenvalue weighted by Gasteiger charge is 2.07. The third-order valence-corrected chi connectivity index (χ3v) is 3.37. The molecular formula is C16H16ClFN2O. The van der Waals surface area contributed by atoms with Crippen LogP contribution in [0.15, 0.2) is 42.5 Å². The number of hydrogen-bond acceptors (Lipinski definition) is 2. The van der Waals surface area contributed by atoms with Gasteiger partial charge in [-0.05, 0) is 43.3 Å².